The highest BCUT2D eigenvalue weighted by Gasteiger charge is 2.29. The SMILES string of the molecule is COC(=O)c1cc(N)cc(Cl)c1NC1(C)CCCCC1. The van der Waals surface area contributed by atoms with Crippen LogP contribution >= 0.6 is 11.6 Å². The zero-order valence-electron chi connectivity index (χ0n) is 12.0. The number of methoxy groups -OCH3 is 1. The van der Waals surface area contributed by atoms with E-state index in [1.807, 2.05) is 0 Å². The molecule has 0 radical (unpaired) electrons. The van der Waals surface area contributed by atoms with Crippen molar-refractivity contribution in [3.63, 3.8) is 0 Å². The third kappa shape index (κ3) is 3.18. The Morgan fingerprint density at radius 1 is 1.35 bits per heavy atom. The van der Waals surface area contributed by atoms with Crippen LogP contribution in [0.4, 0.5) is 11.4 Å². The zero-order chi connectivity index (χ0) is 14.8. The van der Waals surface area contributed by atoms with Gasteiger partial charge in [-0.15, -0.1) is 0 Å². The van der Waals surface area contributed by atoms with Gasteiger partial charge in [0.2, 0.25) is 0 Å². The lowest BCUT2D eigenvalue weighted by Gasteiger charge is -2.36. The molecule has 1 saturated carbocycles. The van der Waals surface area contributed by atoms with Crippen LogP contribution in [-0.2, 0) is 4.74 Å². The van der Waals surface area contributed by atoms with Gasteiger partial charge in [-0.2, -0.15) is 0 Å². The minimum atomic E-state index is -0.430. The molecule has 0 bridgehead atoms. The van der Waals surface area contributed by atoms with Crippen LogP contribution in [0.1, 0.15) is 49.4 Å². The first kappa shape index (κ1) is 15.0. The normalized spacial score (nSPS) is 17.6. The van der Waals surface area contributed by atoms with Gasteiger partial charge in [0.25, 0.3) is 0 Å². The van der Waals surface area contributed by atoms with Crippen molar-refractivity contribution in [3.8, 4) is 0 Å². The minimum Gasteiger partial charge on any atom is -0.465 e. The number of hydrogen-bond donors (Lipinski definition) is 2. The van der Waals surface area contributed by atoms with E-state index in [0.29, 0.717) is 22.0 Å². The molecule has 0 aliphatic heterocycles. The summed E-state index contributed by atoms with van der Waals surface area (Å²) in [4.78, 5) is 11.9. The van der Waals surface area contributed by atoms with E-state index in [4.69, 9.17) is 22.1 Å². The van der Waals surface area contributed by atoms with E-state index in [9.17, 15) is 4.79 Å². The van der Waals surface area contributed by atoms with Crippen LogP contribution < -0.4 is 11.1 Å². The summed E-state index contributed by atoms with van der Waals surface area (Å²) in [5.74, 6) is -0.430. The van der Waals surface area contributed by atoms with Crippen molar-refractivity contribution >= 4 is 28.9 Å². The number of nitrogen functional groups attached to an aromatic ring is 1. The van der Waals surface area contributed by atoms with E-state index >= 15 is 0 Å². The molecule has 0 spiro atoms. The summed E-state index contributed by atoms with van der Waals surface area (Å²) < 4.78 is 4.82. The van der Waals surface area contributed by atoms with Crippen molar-refractivity contribution in [3.05, 3.63) is 22.7 Å². The number of nitrogens with one attached hydrogen (secondary N) is 1. The molecule has 1 aromatic carbocycles. The highest BCUT2D eigenvalue weighted by molar-refractivity contribution is 6.34. The second kappa shape index (κ2) is 5.92. The Kier molecular flexibility index (Phi) is 4.43. The average Bonchev–Trinajstić information content (AvgIpc) is 2.41. The molecule has 2 rings (SSSR count). The smallest absolute Gasteiger partial charge is 0.340 e. The van der Waals surface area contributed by atoms with Crippen molar-refractivity contribution in [2.24, 2.45) is 0 Å². The first-order valence-electron chi connectivity index (χ1n) is 6.91. The van der Waals surface area contributed by atoms with Crippen molar-refractivity contribution in [1.82, 2.24) is 0 Å². The van der Waals surface area contributed by atoms with Gasteiger partial charge in [-0.3, -0.25) is 0 Å². The molecule has 5 heteroatoms. The molecule has 1 aliphatic rings. The number of nitrogens with two attached hydrogens (primary N) is 1. The molecule has 3 N–H and O–H groups in total. The standard InChI is InChI=1S/C15H21ClN2O2/c1-15(6-4-3-5-7-15)18-13-11(14(19)20-2)8-10(17)9-12(13)16/h8-9,18H,3-7,17H2,1-2H3. The summed E-state index contributed by atoms with van der Waals surface area (Å²) in [5.41, 5.74) is 7.19. The van der Waals surface area contributed by atoms with E-state index in [0.717, 1.165) is 12.8 Å². The number of carbonyl (C=O) groups excluding carboxylic acids is 1. The van der Waals surface area contributed by atoms with Crippen LogP contribution in [0.5, 0.6) is 0 Å². The first-order chi connectivity index (χ1) is 9.45. The Labute approximate surface area is 124 Å². The summed E-state index contributed by atoms with van der Waals surface area (Å²) in [6.07, 6.45) is 5.76. The second-order valence-corrected chi connectivity index (χ2v) is 6.07. The van der Waals surface area contributed by atoms with Gasteiger partial charge in [0.1, 0.15) is 0 Å². The number of benzene rings is 1. The topological polar surface area (TPSA) is 64.3 Å². The number of anilines is 2. The molecule has 0 amide bonds. The van der Waals surface area contributed by atoms with Crippen molar-refractivity contribution in [2.45, 2.75) is 44.6 Å². The third-order valence-electron chi connectivity index (χ3n) is 3.90. The maximum Gasteiger partial charge on any atom is 0.340 e. The Bertz CT molecular complexity index is 511. The Morgan fingerprint density at radius 3 is 2.60 bits per heavy atom. The van der Waals surface area contributed by atoms with E-state index < -0.39 is 5.97 Å². The molecular formula is C15H21ClN2O2. The molecular weight excluding hydrogens is 276 g/mol. The highest BCUT2D eigenvalue weighted by atomic mass is 35.5. The molecule has 110 valence electrons. The van der Waals surface area contributed by atoms with Gasteiger partial charge in [0.05, 0.1) is 23.4 Å². The van der Waals surface area contributed by atoms with Gasteiger partial charge < -0.3 is 15.8 Å². The first-order valence-corrected chi connectivity index (χ1v) is 7.28. The summed E-state index contributed by atoms with van der Waals surface area (Å²) in [7, 11) is 1.35. The number of hydrogen-bond acceptors (Lipinski definition) is 4. The molecule has 0 aromatic heterocycles. The molecule has 4 nitrogen and oxygen atoms in total. The molecule has 0 heterocycles. The molecule has 1 fully saturated rings. The molecule has 0 saturated heterocycles. The predicted molar refractivity (Wildman–Crippen MR) is 82.3 cm³/mol. The predicted octanol–water partition coefficient (Wildman–Crippen LogP) is 3.84. The number of carbonyl (C=O) groups is 1. The Morgan fingerprint density at radius 2 is 2.00 bits per heavy atom. The third-order valence-corrected chi connectivity index (χ3v) is 4.20. The van der Waals surface area contributed by atoms with Gasteiger partial charge in [-0.25, -0.2) is 4.79 Å². The maximum atomic E-state index is 11.9. The lowest BCUT2D eigenvalue weighted by atomic mass is 9.83. The molecule has 0 unspecified atom stereocenters. The Hall–Kier alpha value is -1.42. The van der Waals surface area contributed by atoms with Gasteiger partial charge in [0, 0.05) is 11.2 Å². The molecule has 1 aliphatic carbocycles. The maximum absolute atomic E-state index is 11.9. The number of rotatable bonds is 3. The molecule has 1 aromatic rings. The van der Waals surface area contributed by atoms with Crippen LogP contribution in [0.3, 0.4) is 0 Å². The van der Waals surface area contributed by atoms with E-state index in [2.05, 4.69) is 12.2 Å². The van der Waals surface area contributed by atoms with E-state index in [-0.39, 0.29) is 5.54 Å². The average molecular weight is 297 g/mol. The fourth-order valence-electron chi connectivity index (χ4n) is 2.78. The van der Waals surface area contributed by atoms with E-state index in [1.54, 1.807) is 12.1 Å². The lowest BCUT2D eigenvalue weighted by molar-refractivity contribution is 0.0601. The van der Waals surface area contributed by atoms with Crippen LogP contribution in [0.25, 0.3) is 0 Å². The van der Waals surface area contributed by atoms with Crippen LogP contribution in [-0.4, -0.2) is 18.6 Å². The summed E-state index contributed by atoms with van der Waals surface area (Å²) in [6, 6.07) is 3.26. The van der Waals surface area contributed by atoms with Crippen LogP contribution in [0.2, 0.25) is 5.02 Å². The minimum absolute atomic E-state index is 0.0409. The molecule has 20 heavy (non-hydrogen) atoms. The van der Waals surface area contributed by atoms with Gasteiger partial charge >= 0.3 is 5.97 Å². The fraction of sp³-hybridized carbons (Fsp3) is 0.533. The molecule has 0 atom stereocenters. The second-order valence-electron chi connectivity index (χ2n) is 5.66. The summed E-state index contributed by atoms with van der Waals surface area (Å²) in [5, 5.41) is 3.90. The number of ether oxygens (including phenoxy) is 1. The lowest BCUT2D eigenvalue weighted by Crippen LogP contribution is -2.37. The van der Waals surface area contributed by atoms with Crippen molar-refractivity contribution in [2.75, 3.05) is 18.2 Å². The fourth-order valence-corrected chi connectivity index (χ4v) is 3.06. The van der Waals surface area contributed by atoms with Crippen LogP contribution in [0.15, 0.2) is 12.1 Å². The van der Waals surface area contributed by atoms with Gasteiger partial charge in [-0.1, -0.05) is 30.9 Å². The number of esters is 1. The summed E-state index contributed by atoms with van der Waals surface area (Å²) >= 11 is 6.27. The van der Waals surface area contributed by atoms with Crippen molar-refractivity contribution in [1.29, 1.82) is 0 Å². The monoisotopic (exact) mass is 296 g/mol. The van der Waals surface area contributed by atoms with Crippen LogP contribution in [0, 0.1) is 0 Å². The van der Waals surface area contributed by atoms with Gasteiger partial charge in [-0.05, 0) is 31.9 Å². The Balaban J connectivity index is 2.36. The summed E-state index contributed by atoms with van der Waals surface area (Å²) in [6.45, 7) is 2.17. The number of halogens is 1. The zero-order valence-corrected chi connectivity index (χ0v) is 12.7. The van der Waals surface area contributed by atoms with E-state index in [1.165, 1.54) is 26.4 Å². The van der Waals surface area contributed by atoms with Gasteiger partial charge in [0.15, 0.2) is 0 Å². The van der Waals surface area contributed by atoms with Crippen molar-refractivity contribution < 1.29 is 9.53 Å². The quantitative estimate of drug-likeness (QED) is 0.657. The largest absolute Gasteiger partial charge is 0.465 e. The highest BCUT2D eigenvalue weighted by Crippen LogP contribution is 2.36.